The minimum absolute atomic E-state index is 0.0420. The van der Waals surface area contributed by atoms with Gasteiger partial charge in [0.05, 0.1) is 0 Å². The predicted octanol–water partition coefficient (Wildman–Crippen LogP) is 4.31. The van der Waals surface area contributed by atoms with E-state index in [0.29, 0.717) is 0 Å². The minimum atomic E-state index is 0.0420. The number of rotatable bonds is 4. The van der Waals surface area contributed by atoms with E-state index in [-0.39, 0.29) is 30.6 Å². The van der Waals surface area contributed by atoms with Crippen molar-refractivity contribution in [2.45, 2.75) is 46.1 Å². The highest BCUT2D eigenvalue weighted by Crippen LogP contribution is 2.32. The number of aryl methyl sites for hydroxylation is 2. The van der Waals surface area contributed by atoms with Gasteiger partial charge in [0.25, 0.3) is 0 Å². The van der Waals surface area contributed by atoms with E-state index < -0.39 is 0 Å². The average molecular weight is 327 g/mol. The number of carbonyl (C=O) groups excluding carboxylic acids is 2. The fourth-order valence-corrected chi connectivity index (χ4v) is 4.27. The molecule has 0 unspecified atom stereocenters. The van der Waals surface area contributed by atoms with Crippen molar-refractivity contribution >= 4 is 28.7 Å². The van der Waals surface area contributed by atoms with Gasteiger partial charge in [0.1, 0.15) is 0 Å². The lowest BCUT2D eigenvalue weighted by molar-refractivity contribution is -0.118. The van der Waals surface area contributed by atoms with E-state index in [2.05, 4.69) is 13.0 Å². The quantitative estimate of drug-likeness (QED) is 0.785. The first-order chi connectivity index (χ1) is 11.0. The molecule has 1 amide bonds. The highest BCUT2D eigenvalue weighted by atomic mass is 32.1. The summed E-state index contributed by atoms with van der Waals surface area (Å²) in [6, 6.07) is 10.1. The fourth-order valence-electron chi connectivity index (χ4n) is 3.33. The van der Waals surface area contributed by atoms with Gasteiger partial charge in [-0.25, -0.2) is 0 Å². The Morgan fingerprint density at radius 1 is 1.22 bits per heavy atom. The zero-order valence-corrected chi connectivity index (χ0v) is 14.6. The summed E-state index contributed by atoms with van der Waals surface area (Å²) in [6.07, 6.45) is 1.44. The number of Topliss-reactive ketones (excluding diaryl/α,β-unsaturated/α-hetero) is 1. The third-order valence-electron chi connectivity index (χ3n) is 4.38. The molecule has 3 rings (SSSR count). The lowest BCUT2D eigenvalue weighted by Gasteiger charge is -2.22. The zero-order valence-electron chi connectivity index (χ0n) is 13.8. The maximum atomic E-state index is 12.6. The van der Waals surface area contributed by atoms with Crippen LogP contribution in [0.5, 0.6) is 0 Å². The number of fused-ring (bicyclic) bond motifs is 1. The van der Waals surface area contributed by atoms with Crippen LogP contribution in [0.15, 0.2) is 30.3 Å². The maximum absolute atomic E-state index is 12.6. The Hall–Kier alpha value is -1.94. The SMILES string of the molecule is Cc1cc(C(=O)CCC(=O)N2c3ccccc3C[C@H]2C)c(C)s1. The van der Waals surface area contributed by atoms with Gasteiger partial charge < -0.3 is 4.90 Å². The molecule has 1 aromatic carbocycles. The molecule has 2 heterocycles. The van der Waals surface area contributed by atoms with E-state index in [0.717, 1.165) is 27.4 Å². The molecule has 2 aromatic rings. The lowest BCUT2D eigenvalue weighted by Crippen LogP contribution is -2.35. The lowest BCUT2D eigenvalue weighted by atomic mass is 10.1. The van der Waals surface area contributed by atoms with Crippen molar-refractivity contribution in [2.24, 2.45) is 0 Å². The van der Waals surface area contributed by atoms with Gasteiger partial charge in [0.2, 0.25) is 5.91 Å². The molecule has 0 spiro atoms. The molecule has 1 aliphatic heterocycles. The standard InChI is InChI=1S/C19H21NO2S/c1-12-10-15-6-4-5-7-17(15)20(12)19(22)9-8-18(21)16-11-13(2)23-14(16)3/h4-7,11-12H,8-10H2,1-3H3/t12-/m1/s1. The second kappa shape index (κ2) is 6.28. The molecule has 1 aromatic heterocycles. The van der Waals surface area contributed by atoms with Gasteiger partial charge in [0.15, 0.2) is 5.78 Å². The van der Waals surface area contributed by atoms with Crippen LogP contribution >= 0.6 is 11.3 Å². The van der Waals surface area contributed by atoms with Gasteiger partial charge in [0, 0.05) is 39.9 Å². The normalized spacial score (nSPS) is 16.5. The van der Waals surface area contributed by atoms with Crippen molar-refractivity contribution in [2.75, 3.05) is 4.90 Å². The molecule has 0 saturated heterocycles. The van der Waals surface area contributed by atoms with Gasteiger partial charge >= 0.3 is 0 Å². The molecule has 0 fully saturated rings. The maximum Gasteiger partial charge on any atom is 0.227 e. The molecular weight excluding hydrogens is 306 g/mol. The number of amides is 1. The molecule has 0 bridgehead atoms. The number of anilines is 1. The number of nitrogens with zero attached hydrogens (tertiary/aromatic N) is 1. The molecule has 4 heteroatoms. The average Bonchev–Trinajstić information content (AvgIpc) is 3.02. The third-order valence-corrected chi connectivity index (χ3v) is 5.35. The Morgan fingerprint density at radius 2 is 1.96 bits per heavy atom. The van der Waals surface area contributed by atoms with Crippen LogP contribution < -0.4 is 4.90 Å². The summed E-state index contributed by atoms with van der Waals surface area (Å²) in [6.45, 7) is 6.03. The first-order valence-corrected chi connectivity index (χ1v) is 8.79. The van der Waals surface area contributed by atoms with Crippen molar-refractivity contribution in [1.29, 1.82) is 0 Å². The van der Waals surface area contributed by atoms with Crippen LogP contribution in [0.4, 0.5) is 5.69 Å². The number of ketones is 1. The summed E-state index contributed by atoms with van der Waals surface area (Å²) in [7, 11) is 0. The summed E-state index contributed by atoms with van der Waals surface area (Å²) in [5, 5.41) is 0. The van der Waals surface area contributed by atoms with Gasteiger partial charge in [-0.05, 0) is 44.9 Å². The number of benzene rings is 1. The van der Waals surface area contributed by atoms with Gasteiger partial charge in [-0.3, -0.25) is 9.59 Å². The van der Waals surface area contributed by atoms with Crippen molar-refractivity contribution in [3.63, 3.8) is 0 Å². The Morgan fingerprint density at radius 3 is 2.65 bits per heavy atom. The molecule has 1 atom stereocenters. The van der Waals surface area contributed by atoms with Crippen molar-refractivity contribution in [1.82, 2.24) is 0 Å². The molecular formula is C19H21NO2S. The summed E-state index contributed by atoms with van der Waals surface area (Å²) in [5.74, 6) is 0.112. The van der Waals surface area contributed by atoms with E-state index in [4.69, 9.17) is 0 Å². The molecule has 0 radical (unpaired) electrons. The highest BCUT2D eigenvalue weighted by molar-refractivity contribution is 7.12. The Balaban J connectivity index is 1.68. The van der Waals surface area contributed by atoms with Gasteiger partial charge in [-0.2, -0.15) is 0 Å². The topological polar surface area (TPSA) is 37.4 Å². The first kappa shape index (κ1) is 15.9. The smallest absolute Gasteiger partial charge is 0.227 e. The molecule has 0 N–H and O–H groups in total. The van der Waals surface area contributed by atoms with Crippen molar-refractivity contribution < 1.29 is 9.59 Å². The van der Waals surface area contributed by atoms with E-state index in [1.54, 1.807) is 11.3 Å². The monoisotopic (exact) mass is 327 g/mol. The molecule has 120 valence electrons. The predicted molar refractivity (Wildman–Crippen MR) is 94.5 cm³/mol. The fraction of sp³-hybridized carbons (Fsp3) is 0.368. The van der Waals surface area contributed by atoms with Crippen LogP contribution in [0.25, 0.3) is 0 Å². The van der Waals surface area contributed by atoms with E-state index in [1.165, 1.54) is 5.56 Å². The van der Waals surface area contributed by atoms with Crippen LogP contribution in [0.1, 0.15) is 45.4 Å². The molecule has 0 saturated carbocycles. The van der Waals surface area contributed by atoms with Crippen LogP contribution in [0.3, 0.4) is 0 Å². The molecule has 3 nitrogen and oxygen atoms in total. The second-order valence-electron chi connectivity index (χ2n) is 6.20. The van der Waals surface area contributed by atoms with E-state index in [9.17, 15) is 9.59 Å². The van der Waals surface area contributed by atoms with Crippen LogP contribution in [-0.2, 0) is 11.2 Å². The summed E-state index contributed by atoms with van der Waals surface area (Å²) >= 11 is 1.63. The Bertz CT molecular complexity index is 762. The van der Waals surface area contributed by atoms with Crippen molar-refractivity contribution in [3.05, 3.63) is 51.2 Å². The Labute approximate surface area is 140 Å². The summed E-state index contributed by atoms with van der Waals surface area (Å²) in [4.78, 5) is 29.0. The van der Waals surface area contributed by atoms with Gasteiger partial charge in [-0.1, -0.05) is 18.2 Å². The minimum Gasteiger partial charge on any atom is -0.309 e. The number of hydrogen-bond acceptors (Lipinski definition) is 3. The molecule has 23 heavy (non-hydrogen) atoms. The summed E-state index contributed by atoms with van der Waals surface area (Å²) < 4.78 is 0. The highest BCUT2D eigenvalue weighted by Gasteiger charge is 2.30. The molecule has 1 aliphatic rings. The summed E-state index contributed by atoms with van der Waals surface area (Å²) in [5.41, 5.74) is 2.99. The van der Waals surface area contributed by atoms with Crippen molar-refractivity contribution in [3.8, 4) is 0 Å². The van der Waals surface area contributed by atoms with Crippen LogP contribution in [0, 0.1) is 13.8 Å². The largest absolute Gasteiger partial charge is 0.309 e. The van der Waals surface area contributed by atoms with Crippen LogP contribution in [0.2, 0.25) is 0 Å². The number of thiophene rings is 1. The Kier molecular flexibility index (Phi) is 4.35. The first-order valence-electron chi connectivity index (χ1n) is 7.97. The number of para-hydroxylation sites is 1. The second-order valence-corrected chi connectivity index (χ2v) is 7.66. The third kappa shape index (κ3) is 3.08. The van der Waals surface area contributed by atoms with E-state index >= 15 is 0 Å². The molecule has 0 aliphatic carbocycles. The van der Waals surface area contributed by atoms with Gasteiger partial charge in [-0.15, -0.1) is 11.3 Å². The van der Waals surface area contributed by atoms with Crippen LogP contribution in [-0.4, -0.2) is 17.7 Å². The number of hydrogen-bond donors (Lipinski definition) is 0. The number of carbonyl (C=O) groups is 2. The van der Waals surface area contributed by atoms with E-state index in [1.807, 2.05) is 43.0 Å². The zero-order chi connectivity index (χ0) is 16.6.